The van der Waals surface area contributed by atoms with Crippen LogP contribution in [0.3, 0.4) is 0 Å². The van der Waals surface area contributed by atoms with Crippen LogP contribution in [0, 0.1) is 0 Å². The monoisotopic (exact) mass is 826 g/mol. The Kier molecular flexibility index (Phi) is 14.4. The van der Waals surface area contributed by atoms with Crippen molar-refractivity contribution in [3.05, 3.63) is 82.7 Å². The van der Waals surface area contributed by atoms with Crippen LogP contribution in [0.15, 0.2) is 81.0 Å². The number of hydrogen-bond donors (Lipinski definition) is 3. The molecule has 1 fully saturated rings. The average Bonchev–Trinajstić information content (AvgIpc) is 3.86. The van der Waals surface area contributed by atoms with Gasteiger partial charge in [-0.15, -0.1) is 0 Å². The van der Waals surface area contributed by atoms with Crippen LogP contribution in [0.2, 0.25) is 0 Å². The van der Waals surface area contributed by atoms with Gasteiger partial charge in [0.05, 0.1) is 28.2 Å². The van der Waals surface area contributed by atoms with Gasteiger partial charge in [-0.05, 0) is 107 Å². The van der Waals surface area contributed by atoms with Crippen molar-refractivity contribution in [1.82, 2.24) is 43.5 Å². The van der Waals surface area contributed by atoms with Crippen molar-refractivity contribution in [2.75, 3.05) is 45.2 Å². The van der Waals surface area contributed by atoms with Gasteiger partial charge in [0, 0.05) is 44.8 Å². The molecule has 2 aromatic carbocycles. The van der Waals surface area contributed by atoms with Crippen LogP contribution < -0.4 is 26.5 Å². The van der Waals surface area contributed by atoms with Gasteiger partial charge in [-0.1, -0.05) is 19.4 Å². The first-order valence-electron chi connectivity index (χ1n) is 19.9. The van der Waals surface area contributed by atoms with E-state index in [1.165, 1.54) is 21.1 Å². The van der Waals surface area contributed by atoms with E-state index in [4.69, 9.17) is 9.73 Å². The average molecular weight is 827 g/mol. The topological polar surface area (TPSA) is 189 Å². The number of aromatic nitrogens is 6. The van der Waals surface area contributed by atoms with E-state index in [9.17, 15) is 18.6 Å². The van der Waals surface area contributed by atoms with Crippen molar-refractivity contribution in [1.29, 1.82) is 0 Å². The first kappa shape index (κ1) is 42.9. The van der Waals surface area contributed by atoms with Crippen molar-refractivity contribution in [3.8, 4) is 17.0 Å². The Labute approximate surface area is 345 Å². The molecule has 0 spiro atoms. The molecule has 3 N–H and O–H groups in total. The molecule has 0 aliphatic carbocycles. The maximum absolute atomic E-state index is 13.4. The number of hydrogen-bond acceptors (Lipinski definition) is 11. The summed E-state index contributed by atoms with van der Waals surface area (Å²) in [7, 11) is 2.29. The molecule has 2 atom stereocenters. The lowest BCUT2D eigenvalue weighted by atomic mass is 9.89. The van der Waals surface area contributed by atoms with E-state index in [1.54, 1.807) is 24.0 Å². The van der Waals surface area contributed by atoms with Crippen molar-refractivity contribution in [2.45, 2.75) is 75.8 Å². The van der Waals surface area contributed by atoms with Gasteiger partial charge in [0.1, 0.15) is 35.7 Å². The Hall–Kier alpha value is -5.72. The molecule has 17 nitrogen and oxygen atoms in total. The maximum Gasteiger partial charge on any atom is 0.329 e. The molecule has 314 valence electrons. The Bertz CT molecular complexity index is 2380. The summed E-state index contributed by atoms with van der Waals surface area (Å²) in [6, 6.07) is 12.8. The van der Waals surface area contributed by atoms with E-state index in [2.05, 4.69) is 54.7 Å². The van der Waals surface area contributed by atoms with Gasteiger partial charge in [0.15, 0.2) is 11.2 Å². The van der Waals surface area contributed by atoms with Gasteiger partial charge in [-0.25, -0.2) is 28.0 Å². The number of fused-ring (bicyclic) bond motifs is 1. The normalized spacial score (nSPS) is 15.1. The molecule has 1 saturated heterocycles. The minimum atomic E-state index is -1.32. The number of H-pyrrole nitrogens is 1. The standard InChI is InChI=1S/C41H54N12O5S/c1-7-9-35(40(55)46-27-54)53-34-15-10-30(22-36(34)50(6)41(53)56)29-16-20-51(21-17-29)19-8-18-49(5)59(57)33-13-11-32(12-14-33)43-25-44-39-38(58-28(2)3)37(31-23-47-48-24-31)45-26-52(39)42-4/h10-15,22-24,26-29,35,43H,4,7-9,16-21,25H2,1-3,5-6H3,(H,47,48)(H,46,54,55)/b44-39-. The van der Waals surface area contributed by atoms with E-state index in [1.807, 2.05) is 62.5 Å². The lowest BCUT2D eigenvalue weighted by molar-refractivity contribution is -0.128. The second-order valence-corrected chi connectivity index (χ2v) is 16.5. The number of ether oxygens (including phenoxy) is 1. The number of piperidine rings is 1. The van der Waals surface area contributed by atoms with E-state index >= 15 is 0 Å². The minimum Gasteiger partial charge on any atom is -0.485 e. The number of benzene rings is 2. The zero-order valence-corrected chi connectivity index (χ0v) is 35.2. The lowest BCUT2D eigenvalue weighted by Gasteiger charge is -2.32. The number of imide groups is 1. The smallest absolute Gasteiger partial charge is 0.329 e. The van der Waals surface area contributed by atoms with E-state index < -0.39 is 22.9 Å². The summed E-state index contributed by atoms with van der Waals surface area (Å²) in [4.78, 5) is 49.4. The summed E-state index contributed by atoms with van der Waals surface area (Å²) >= 11 is 0. The fourth-order valence-corrected chi connectivity index (χ4v) is 8.54. The number of nitrogens with one attached hydrogen (secondary N) is 3. The molecule has 4 heterocycles. The number of imidazole rings is 1. The summed E-state index contributed by atoms with van der Waals surface area (Å²) < 4.78 is 26.0. The number of aromatic amines is 1. The number of anilines is 1. The summed E-state index contributed by atoms with van der Waals surface area (Å²) in [5.41, 5.74) is 4.99. The number of nitrogens with zero attached hydrogens (tertiary/aromatic N) is 9. The highest BCUT2D eigenvalue weighted by atomic mass is 32.2. The molecule has 3 aromatic heterocycles. The van der Waals surface area contributed by atoms with E-state index in [0.29, 0.717) is 59.1 Å². The third kappa shape index (κ3) is 9.95. The van der Waals surface area contributed by atoms with E-state index in [-0.39, 0.29) is 18.5 Å². The van der Waals surface area contributed by atoms with Crippen molar-refractivity contribution in [3.63, 3.8) is 0 Å². The number of carbonyl (C=O) groups is 2. The summed E-state index contributed by atoms with van der Waals surface area (Å²) in [5, 5.41) is 16.4. The number of rotatable bonds is 19. The van der Waals surface area contributed by atoms with Crippen LogP contribution in [0.4, 0.5) is 5.69 Å². The summed E-state index contributed by atoms with van der Waals surface area (Å²) in [5.74, 6) is 0.344. The van der Waals surface area contributed by atoms with Gasteiger partial charge >= 0.3 is 5.69 Å². The first-order valence-corrected chi connectivity index (χ1v) is 21.0. The minimum absolute atomic E-state index is 0.136. The number of likely N-dealkylation sites (tertiary alicyclic amines) is 1. The van der Waals surface area contributed by atoms with Gasteiger partial charge in [-0.3, -0.25) is 29.1 Å². The fraction of sp³-hybridized carbons (Fsp3) is 0.439. The van der Waals surface area contributed by atoms with E-state index in [0.717, 1.165) is 55.7 Å². The largest absolute Gasteiger partial charge is 0.485 e. The summed E-state index contributed by atoms with van der Waals surface area (Å²) in [6.07, 6.45) is 9.16. The predicted octanol–water partition coefficient (Wildman–Crippen LogP) is 3.99. The molecular weight excluding hydrogens is 773 g/mol. The SMILES string of the molecule is C=Nn1cnc(-c2cn[nH]c2)c(OC(C)C)/c1=N/CNc1ccc(S(=O)N(C)CCCN2CCC(c3ccc4c(c3)n(C)c(=O)n4C(CCC)C(=O)NC=O)CC2)cc1. The fourth-order valence-electron chi connectivity index (χ4n) is 7.52. The zero-order chi connectivity index (χ0) is 42.1. The molecule has 0 radical (unpaired) electrons. The molecule has 0 saturated carbocycles. The van der Waals surface area contributed by atoms with Crippen LogP contribution >= 0.6 is 0 Å². The van der Waals surface area contributed by atoms with Crippen LogP contribution in [0.1, 0.15) is 70.4 Å². The third-order valence-corrected chi connectivity index (χ3v) is 12.0. The maximum atomic E-state index is 13.4. The molecular formula is C41H54N12O5S. The molecule has 59 heavy (non-hydrogen) atoms. The number of aryl methyl sites for hydroxylation is 1. The molecule has 0 bridgehead atoms. The van der Waals surface area contributed by atoms with Crippen LogP contribution in [-0.4, -0.2) is 107 Å². The van der Waals surface area contributed by atoms with Crippen molar-refractivity contribution in [2.24, 2.45) is 17.1 Å². The van der Waals surface area contributed by atoms with Crippen LogP contribution in [0.25, 0.3) is 22.3 Å². The molecule has 1 aliphatic heterocycles. The Morgan fingerprint density at radius 1 is 1.17 bits per heavy atom. The summed E-state index contributed by atoms with van der Waals surface area (Å²) in [6.45, 7) is 13.2. The first-order chi connectivity index (χ1) is 28.5. The molecule has 1 aliphatic rings. The molecule has 2 unspecified atom stereocenters. The Morgan fingerprint density at radius 3 is 2.59 bits per heavy atom. The third-order valence-electron chi connectivity index (χ3n) is 10.6. The van der Waals surface area contributed by atoms with Crippen molar-refractivity contribution >= 4 is 46.7 Å². The molecule has 5 aromatic rings. The molecule has 18 heteroatoms. The van der Waals surface area contributed by atoms with Crippen LogP contribution in [-0.2, 0) is 27.6 Å². The highest BCUT2D eigenvalue weighted by Crippen LogP contribution is 2.31. The van der Waals surface area contributed by atoms with Gasteiger partial charge in [0.25, 0.3) is 0 Å². The predicted molar refractivity (Wildman–Crippen MR) is 228 cm³/mol. The molecule has 2 amide bonds. The Balaban J connectivity index is 0.995. The van der Waals surface area contributed by atoms with Gasteiger partial charge in [0.2, 0.25) is 12.3 Å². The van der Waals surface area contributed by atoms with Gasteiger partial charge in [-0.2, -0.15) is 10.2 Å². The Morgan fingerprint density at radius 2 is 1.93 bits per heavy atom. The number of carbonyl (C=O) groups excluding carboxylic acids is 2. The van der Waals surface area contributed by atoms with Crippen molar-refractivity contribution < 1.29 is 18.5 Å². The lowest BCUT2D eigenvalue weighted by Crippen LogP contribution is -2.36. The zero-order valence-electron chi connectivity index (χ0n) is 34.3. The second kappa shape index (κ2) is 19.8. The highest BCUT2D eigenvalue weighted by molar-refractivity contribution is 7.82. The van der Waals surface area contributed by atoms with Crippen LogP contribution in [0.5, 0.6) is 5.75 Å². The number of amides is 2. The molecule has 6 rings (SSSR count). The quantitative estimate of drug-likeness (QED) is 0.0817. The second-order valence-electron chi connectivity index (χ2n) is 14.9. The van der Waals surface area contributed by atoms with Gasteiger partial charge < -0.3 is 15.0 Å². The highest BCUT2D eigenvalue weighted by Gasteiger charge is 2.27.